The van der Waals surface area contributed by atoms with Crippen LogP contribution in [-0.4, -0.2) is 35.1 Å². The van der Waals surface area contributed by atoms with Crippen molar-refractivity contribution in [3.8, 4) is 0 Å². The number of aliphatic hydroxyl groups excluding tert-OH is 1. The number of carbonyl (C=O) groups excluding carboxylic acids is 1. The molecule has 4 atom stereocenters. The lowest BCUT2D eigenvalue weighted by molar-refractivity contribution is -0.132. The van der Waals surface area contributed by atoms with Gasteiger partial charge in [-0.3, -0.25) is 4.79 Å². The highest BCUT2D eigenvalue weighted by molar-refractivity contribution is 5.83. The number of benzene rings is 1. The molecule has 0 radical (unpaired) electrons. The number of nitrogens with two attached hydrogens (primary N) is 1. The summed E-state index contributed by atoms with van der Waals surface area (Å²) in [6, 6.07) is 8.88. The Kier molecular flexibility index (Phi) is 3.29. The van der Waals surface area contributed by atoms with Gasteiger partial charge >= 0.3 is 0 Å². The average Bonchev–Trinajstić information content (AvgIpc) is 3.01. The Labute approximate surface area is 113 Å². The molecule has 3 N–H and O–H groups in total. The van der Waals surface area contributed by atoms with Crippen LogP contribution >= 0.6 is 0 Å². The Morgan fingerprint density at radius 1 is 1.26 bits per heavy atom. The smallest absolute Gasteiger partial charge is 0.244 e. The van der Waals surface area contributed by atoms with E-state index in [4.69, 9.17) is 5.73 Å². The zero-order valence-electron chi connectivity index (χ0n) is 10.9. The number of likely N-dealkylation sites (tertiary alicyclic amines) is 1. The van der Waals surface area contributed by atoms with Gasteiger partial charge in [0.2, 0.25) is 5.91 Å². The number of carbonyl (C=O) groups is 1. The number of aliphatic hydroxyl groups is 1. The third kappa shape index (κ3) is 2.26. The van der Waals surface area contributed by atoms with Crippen molar-refractivity contribution in [2.75, 3.05) is 13.1 Å². The molecule has 1 aromatic rings. The van der Waals surface area contributed by atoms with Crippen molar-refractivity contribution in [3.05, 3.63) is 35.9 Å². The van der Waals surface area contributed by atoms with Crippen molar-refractivity contribution in [1.82, 2.24) is 4.90 Å². The Hall–Kier alpha value is -1.39. The first kappa shape index (κ1) is 12.6. The summed E-state index contributed by atoms with van der Waals surface area (Å²) in [6.07, 6.45) is 1.66. The van der Waals surface area contributed by atoms with Crippen LogP contribution in [0.5, 0.6) is 0 Å². The van der Waals surface area contributed by atoms with E-state index in [1.165, 1.54) is 0 Å². The van der Waals surface area contributed by atoms with Crippen LogP contribution in [0.15, 0.2) is 30.3 Å². The van der Waals surface area contributed by atoms with Gasteiger partial charge < -0.3 is 15.7 Å². The molecule has 19 heavy (non-hydrogen) atoms. The lowest BCUT2D eigenvalue weighted by Gasteiger charge is -2.22. The van der Waals surface area contributed by atoms with Crippen molar-refractivity contribution in [2.24, 2.45) is 17.6 Å². The van der Waals surface area contributed by atoms with Crippen molar-refractivity contribution < 1.29 is 9.90 Å². The van der Waals surface area contributed by atoms with E-state index in [1.807, 2.05) is 35.2 Å². The largest absolute Gasteiger partial charge is 0.393 e. The van der Waals surface area contributed by atoms with Gasteiger partial charge in [0.25, 0.3) is 0 Å². The SMILES string of the molecule is N[C@@H](C(=O)N1CC2CCC(O)C2C1)c1ccccc1. The van der Waals surface area contributed by atoms with Gasteiger partial charge in [0, 0.05) is 19.0 Å². The van der Waals surface area contributed by atoms with E-state index >= 15 is 0 Å². The van der Waals surface area contributed by atoms with E-state index in [0.717, 1.165) is 24.9 Å². The van der Waals surface area contributed by atoms with Crippen LogP contribution in [-0.2, 0) is 4.79 Å². The van der Waals surface area contributed by atoms with Gasteiger partial charge in [0.15, 0.2) is 0 Å². The highest BCUT2D eigenvalue weighted by atomic mass is 16.3. The van der Waals surface area contributed by atoms with Gasteiger partial charge in [-0.25, -0.2) is 0 Å². The van der Waals surface area contributed by atoms with E-state index in [9.17, 15) is 9.90 Å². The summed E-state index contributed by atoms with van der Waals surface area (Å²) in [4.78, 5) is 14.2. The molecule has 1 heterocycles. The second-order valence-corrected chi connectivity index (χ2v) is 5.70. The first-order chi connectivity index (χ1) is 9.16. The molecule has 1 saturated carbocycles. The number of amides is 1. The molecule has 0 spiro atoms. The average molecular weight is 260 g/mol. The fourth-order valence-corrected chi connectivity index (χ4v) is 3.42. The van der Waals surface area contributed by atoms with Crippen LogP contribution in [0.4, 0.5) is 0 Å². The monoisotopic (exact) mass is 260 g/mol. The summed E-state index contributed by atoms with van der Waals surface area (Å²) in [6.45, 7) is 1.41. The molecule has 3 unspecified atom stereocenters. The second kappa shape index (κ2) is 4.94. The van der Waals surface area contributed by atoms with Crippen LogP contribution in [0, 0.1) is 11.8 Å². The molecule has 1 aliphatic carbocycles. The molecule has 4 heteroatoms. The van der Waals surface area contributed by atoms with Crippen LogP contribution in [0.1, 0.15) is 24.4 Å². The zero-order chi connectivity index (χ0) is 13.4. The van der Waals surface area contributed by atoms with Gasteiger partial charge in [0.05, 0.1) is 6.10 Å². The predicted octanol–water partition coefficient (Wildman–Crippen LogP) is 0.916. The number of hydrogen-bond acceptors (Lipinski definition) is 3. The van der Waals surface area contributed by atoms with E-state index in [2.05, 4.69) is 0 Å². The minimum atomic E-state index is -0.586. The van der Waals surface area contributed by atoms with Crippen molar-refractivity contribution >= 4 is 5.91 Å². The van der Waals surface area contributed by atoms with Crippen molar-refractivity contribution in [3.63, 3.8) is 0 Å². The number of nitrogens with zero attached hydrogens (tertiary/aromatic N) is 1. The highest BCUT2D eigenvalue weighted by Crippen LogP contribution is 2.38. The molecule has 1 aliphatic heterocycles. The molecule has 0 aromatic heterocycles. The van der Waals surface area contributed by atoms with Gasteiger partial charge in [0.1, 0.15) is 6.04 Å². The third-order valence-electron chi connectivity index (χ3n) is 4.56. The van der Waals surface area contributed by atoms with Crippen LogP contribution in [0.2, 0.25) is 0 Å². The van der Waals surface area contributed by atoms with Crippen LogP contribution in [0.3, 0.4) is 0 Å². The summed E-state index contributed by atoms with van der Waals surface area (Å²) < 4.78 is 0. The summed E-state index contributed by atoms with van der Waals surface area (Å²) in [5, 5.41) is 9.89. The zero-order valence-corrected chi connectivity index (χ0v) is 10.9. The van der Waals surface area contributed by atoms with Crippen molar-refractivity contribution in [2.45, 2.75) is 25.0 Å². The van der Waals surface area contributed by atoms with E-state index in [-0.39, 0.29) is 17.9 Å². The predicted molar refractivity (Wildman–Crippen MR) is 72.2 cm³/mol. The fourth-order valence-electron chi connectivity index (χ4n) is 3.42. The highest BCUT2D eigenvalue weighted by Gasteiger charge is 2.44. The molecular weight excluding hydrogens is 240 g/mol. The summed E-state index contributed by atoms with van der Waals surface area (Å²) in [5.41, 5.74) is 6.90. The quantitative estimate of drug-likeness (QED) is 0.831. The van der Waals surface area contributed by atoms with Crippen molar-refractivity contribution in [1.29, 1.82) is 0 Å². The summed E-state index contributed by atoms with van der Waals surface area (Å²) in [7, 11) is 0. The van der Waals surface area contributed by atoms with E-state index in [1.54, 1.807) is 0 Å². The molecule has 1 aromatic carbocycles. The molecule has 1 amide bonds. The molecule has 2 fully saturated rings. The molecule has 102 valence electrons. The maximum Gasteiger partial charge on any atom is 0.244 e. The molecule has 4 nitrogen and oxygen atoms in total. The normalized spacial score (nSPS) is 31.3. The van der Waals surface area contributed by atoms with Crippen LogP contribution < -0.4 is 5.73 Å². The molecule has 2 aliphatic rings. The number of fused-ring (bicyclic) bond motifs is 1. The topological polar surface area (TPSA) is 66.6 Å². The first-order valence-electron chi connectivity index (χ1n) is 6.94. The Morgan fingerprint density at radius 3 is 2.68 bits per heavy atom. The minimum absolute atomic E-state index is 0.0206. The van der Waals surface area contributed by atoms with E-state index < -0.39 is 6.04 Å². The molecule has 1 saturated heterocycles. The molecule has 0 bridgehead atoms. The summed E-state index contributed by atoms with van der Waals surface area (Å²) >= 11 is 0. The lowest BCUT2D eigenvalue weighted by atomic mass is 10.00. The second-order valence-electron chi connectivity index (χ2n) is 5.70. The fraction of sp³-hybridized carbons (Fsp3) is 0.533. The summed E-state index contributed by atoms with van der Waals surface area (Å²) in [5.74, 6) is 0.696. The Balaban J connectivity index is 1.69. The van der Waals surface area contributed by atoms with E-state index in [0.29, 0.717) is 12.5 Å². The molecular formula is C15H20N2O2. The minimum Gasteiger partial charge on any atom is -0.393 e. The Morgan fingerprint density at radius 2 is 2.00 bits per heavy atom. The van der Waals surface area contributed by atoms with Gasteiger partial charge in [-0.1, -0.05) is 30.3 Å². The first-order valence-corrected chi connectivity index (χ1v) is 6.94. The molecule has 3 rings (SSSR count). The van der Waals surface area contributed by atoms with Crippen LogP contribution in [0.25, 0.3) is 0 Å². The standard InChI is InChI=1S/C15H20N2O2/c16-14(10-4-2-1-3-5-10)15(19)17-8-11-6-7-13(18)12(11)9-17/h1-5,11-14,18H,6-9,16H2/t11?,12?,13?,14-/m1/s1. The third-order valence-corrected chi connectivity index (χ3v) is 4.56. The van der Waals surface area contributed by atoms with Gasteiger partial charge in [-0.2, -0.15) is 0 Å². The Bertz CT molecular complexity index is 462. The lowest BCUT2D eigenvalue weighted by Crippen LogP contribution is -2.38. The van der Waals surface area contributed by atoms with Gasteiger partial charge in [-0.05, 0) is 24.3 Å². The number of hydrogen-bond donors (Lipinski definition) is 2. The van der Waals surface area contributed by atoms with Gasteiger partial charge in [-0.15, -0.1) is 0 Å². The maximum atomic E-state index is 12.4. The number of rotatable bonds is 2. The maximum absolute atomic E-state index is 12.4.